The van der Waals surface area contributed by atoms with Gasteiger partial charge in [0.25, 0.3) is 5.91 Å². The fourth-order valence-electron chi connectivity index (χ4n) is 3.04. The molecule has 0 radical (unpaired) electrons. The summed E-state index contributed by atoms with van der Waals surface area (Å²) in [4.78, 5) is 12.1. The maximum Gasteiger partial charge on any atom is 0.262 e. The minimum Gasteiger partial charge on any atom is -0.376 e. The van der Waals surface area contributed by atoms with Crippen molar-refractivity contribution in [1.29, 1.82) is 5.26 Å². The molecule has 0 spiro atoms. The van der Waals surface area contributed by atoms with Crippen LogP contribution in [0.1, 0.15) is 42.6 Å². The third kappa shape index (κ3) is 3.65. The van der Waals surface area contributed by atoms with Crippen molar-refractivity contribution in [3.8, 4) is 6.07 Å². The highest BCUT2D eigenvalue weighted by Crippen LogP contribution is 2.23. The van der Waals surface area contributed by atoms with Crippen LogP contribution in [0.2, 0.25) is 0 Å². The van der Waals surface area contributed by atoms with E-state index in [-0.39, 0.29) is 23.6 Å². The van der Waals surface area contributed by atoms with Gasteiger partial charge in [0, 0.05) is 30.6 Å². The second-order valence-corrected chi connectivity index (χ2v) is 6.49. The van der Waals surface area contributed by atoms with Gasteiger partial charge in [0.2, 0.25) is 0 Å². The molecule has 1 saturated carbocycles. The first kappa shape index (κ1) is 15.8. The van der Waals surface area contributed by atoms with Crippen molar-refractivity contribution < 1.29 is 9.53 Å². The van der Waals surface area contributed by atoms with Gasteiger partial charge in [-0.25, -0.2) is 0 Å². The number of rotatable bonds is 5. The van der Waals surface area contributed by atoms with E-state index in [0.717, 1.165) is 55.8 Å². The first-order valence-corrected chi connectivity index (χ1v) is 8.29. The van der Waals surface area contributed by atoms with Gasteiger partial charge in [-0.05, 0) is 57.2 Å². The fourth-order valence-corrected chi connectivity index (χ4v) is 3.04. The Morgan fingerprint density at radius 3 is 2.87 bits per heavy atom. The van der Waals surface area contributed by atoms with E-state index in [1.807, 2.05) is 19.1 Å². The quantitative estimate of drug-likeness (QED) is 0.671. The Labute approximate surface area is 136 Å². The Bertz CT molecular complexity index is 671. The van der Waals surface area contributed by atoms with Gasteiger partial charge in [-0.2, -0.15) is 5.26 Å². The second kappa shape index (κ2) is 6.59. The van der Waals surface area contributed by atoms with Crippen molar-refractivity contribution >= 4 is 12.0 Å². The highest BCUT2D eigenvalue weighted by Gasteiger charge is 2.25. The maximum atomic E-state index is 12.1. The van der Waals surface area contributed by atoms with E-state index in [2.05, 4.69) is 16.8 Å². The molecule has 1 atom stereocenters. The molecule has 23 heavy (non-hydrogen) atoms. The van der Waals surface area contributed by atoms with Crippen LogP contribution in [0.3, 0.4) is 0 Å². The van der Waals surface area contributed by atoms with Gasteiger partial charge in [0.05, 0.1) is 6.10 Å². The van der Waals surface area contributed by atoms with Crippen LogP contribution in [0.15, 0.2) is 11.6 Å². The van der Waals surface area contributed by atoms with E-state index < -0.39 is 0 Å². The topological polar surface area (TPSA) is 67.0 Å². The lowest BCUT2D eigenvalue weighted by molar-refractivity contribution is -0.117. The second-order valence-electron chi connectivity index (χ2n) is 6.49. The molecule has 122 valence electrons. The summed E-state index contributed by atoms with van der Waals surface area (Å²) in [6.45, 7) is 5.76. The Hall–Kier alpha value is -2.06. The average molecular weight is 313 g/mol. The van der Waals surface area contributed by atoms with Gasteiger partial charge in [-0.15, -0.1) is 0 Å². The summed E-state index contributed by atoms with van der Waals surface area (Å²) in [5.41, 5.74) is 3.31. The van der Waals surface area contributed by atoms with E-state index in [4.69, 9.17) is 4.74 Å². The standard InChI is InChI=1S/C18H23N3O2/c1-12-8-14(9-15(10-19)18(22)20-16-5-6-16)13(2)21(12)11-17-4-3-7-23-17/h8-9,16-17H,3-7,11H2,1-2H3,(H,20,22)/b15-9+/t17-/m0/s1. The summed E-state index contributed by atoms with van der Waals surface area (Å²) in [5, 5.41) is 12.2. The molecule has 2 fully saturated rings. The van der Waals surface area contributed by atoms with Crippen LogP contribution in [0.4, 0.5) is 0 Å². The van der Waals surface area contributed by atoms with Crippen LogP contribution >= 0.6 is 0 Å². The first-order valence-electron chi connectivity index (χ1n) is 8.29. The largest absolute Gasteiger partial charge is 0.376 e. The Morgan fingerprint density at radius 1 is 1.48 bits per heavy atom. The number of carbonyl (C=O) groups excluding carboxylic acids is 1. The smallest absolute Gasteiger partial charge is 0.262 e. The van der Waals surface area contributed by atoms with E-state index >= 15 is 0 Å². The monoisotopic (exact) mass is 313 g/mol. The predicted octanol–water partition coefficient (Wildman–Crippen LogP) is 2.47. The predicted molar refractivity (Wildman–Crippen MR) is 87.6 cm³/mol. The number of aryl methyl sites for hydroxylation is 1. The Kier molecular flexibility index (Phi) is 4.53. The molecule has 0 bridgehead atoms. The van der Waals surface area contributed by atoms with Crippen LogP contribution in [-0.4, -0.2) is 29.2 Å². The molecule has 5 nitrogen and oxygen atoms in total. The third-order valence-corrected chi connectivity index (χ3v) is 4.60. The van der Waals surface area contributed by atoms with Gasteiger partial charge in [-0.3, -0.25) is 4.79 Å². The van der Waals surface area contributed by atoms with Gasteiger partial charge < -0.3 is 14.6 Å². The fraction of sp³-hybridized carbons (Fsp3) is 0.556. The van der Waals surface area contributed by atoms with Crippen LogP contribution < -0.4 is 5.32 Å². The zero-order valence-corrected chi connectivity index (χ0v) is 13.8. The third-order valence-electron chi connectivity index (χ3n) is 4.60. The number of hydrogen-bond donors (Lipinski definition) is 1. The summed E-state index contributed by atoms with van der Waals surface area (Å²) in [5.74, 6) is -0.265. The summed E-state index contributed by atoms with van der Waals surface area (Å²) in [6.07, 6.45) is 6.21. The summed E-state index contributed by atoms with van der Waals surface area (Å²) < 4.78 is 7.93. The molecule has 2 aliphatic rings. The minimum atomic E-state index is -0.265. The Balaban J connectivity index is 1.79. The van der Waals surface area contributed by atoms with Crippen LogP contribution in [0, 0.1) is 25.2 Å². The molecule has 1 saturated heterocycles. The van der Waals surface area contributed by atoms with Crippen LogP contribution in [0.5, 0.6) is 0 Å². The number of hydrogen-bond acceptors (Lipinski definition) is 3. The first-order chi connectivity index (χ1) is 11.1. The molecular weight excluding hydrogens is 290 g/mol. The molecule has 1 aromatic heterocycles. The van der Waals surface area contributed by atoms with Gasteiger partial charge >= 0.3 is 0 Å². The van der Waals surface area contributed by atoms with E-state index in [0.29, 0.717) is 0 Å². The molecule has 3 rings (SSSR count). The molecule has 2 heterocycles. The highest BCUT2D eigenvalue weighted by molar-refractivity contribution is 6.02. The van der Waals surface area contributed by atoms with Crippen molar-refractivity contribution in [3.63, 3.8) is 0 Å². The van der Waals surface area contributed by atoms with Crippen molar-refractivity contribution in [2.24, 2.45) is 0 Å². The number of carbonyl (C=O) groups is 1. The highest BCUT2D eigenvalue weighted by atomic mass is 16.5. The zero-order chi connectivity index (χ0) is 16.4. The van der Waals surface area contributed by atoms with Crippen molar-refractivity contribution in [1.82, 2.24) is 9.88 Å². The van der Waals surface area contributed by atoms with E-state index in [1.165, 1.54) is 0 Å². The molecule has 0 unspecified atom stereocenters. The summed E-state index contributed by atoms with van der Waals surface area (Å²) in [6, 6.07) is 4.32. The number of amides is 1. The van der Waals surface area contributed by atoms with Gasteiger partial charge in [0.1, 0.15) is 11.6 Å². The number of nitrogens with zero attached hydrogens (tertiary/aromatic N) is 2. The van der Waals surface area contributed by atoms with Crippen molar-refractivity contribution in [2.45, 2.75) is 58.2 Å². The van der Waals surface area contributed by atoms with Gasteiger partial charge in [0.15, 0.2) is 0 Å². The Morgan fingerprint density at radius 2 is 2.26 bits per heavy atom. The van der Waals surface area contributed by atoms with Gasteiger partial charge in [-0.1, -0.05) is 0 Å². The normalized spacial score (nSPS) is 21.3. The van der Waals surface area contributed by atoms with Crippen molar-refractivity contribution in [2.75, 3.05) is 6.61 Å². The van der Waals surface area contributed by atoms with Crippen LogP contribution in [-0.2, 0) is 16.1 Å². The molecule has 1 aliphatic heterocycles. The number of nitriles is 1. The molecule has 1 aliphatic carbocycles. The zero-order valence-electron chi connectivity index (χ0n) is 13.8. The lowest BCUT2D eigenvalue weighted by Crippen LogP contribution is -2.26. The van der Waals surface area contributed by atoms with Crippen LogP contribution in [0.25, 0.3) is 6.08 Å². The lowest BCUT2D eigenvalue weighted by atomic mass is 10.1. The lowest BCUT2D eigenvalue weighted by Gasteiger charge is -2.14. The molecule has 0 aromatic carbocycles. The molecule has 1 aromatic rings. The minimum absolute atomic E-state index is 0.175. The van der Waals surface area contributed by atoms with E-state index in [1.54, 1.807) is 6.08 Å². The summed E-state index contributed by atoms with van der Waals surface area (Å²) >= 11 is 0. The molecule has 1 amide bonds. The average Bonchev–Trinajstić information content (AvgIpc) is 3.11. The number of aromatic nitrogens is 1. The van der Waals surface area contributed by atoms with E-state index in [9.17, 15) is 10.1 Å². The maximum absolute atomic E-state index is 12.1. The SMILES string of the molecule is Cc1cc(/C=C(\C#N)C(=O)NC2CC2)c(C)n1C[C@@H]1CCCO1. The van der Waals surface area contributed by atoms with Crippen molar-refractivity contribution in [3.05, 3.63) is 28.6 Å². The number of ether oxygens (including phenoxy) is 1. The number of nitrogens with one attached hydrogen (secondary N) is 1. The molecular formula is C18H23N3O2. The summed E-state index contributed by atoms with van der Waals surface area (Å²) in [7, 11) is 0. The molecule has 1 N–H and O–H groups in total. The molecule has 5 heteroatoms.